The molecule has 1 saturated heterocycles. The van der Waals surface area contributed by atoms with Crippen molar-refractivity contribution in [1.82, 2.24) is 4.31 Å². The van der Waals surface area contributed by atoms with E-state index in [1.807, 2.05) is 0 Å². The van der Waals surface area contributed by atoms with Gasteiger partial charge in [0.1, 0.15) is 9.77 Å². The standard InChI is InChI=1S/C16H17NO6S2/c1-9-7-17(8-11(9)15(18)19)25(21,22)14-10-5-3-4-6-12(10)24-13(14)16(20)23-2/h3-6,9,11H,7-8H2,1-2H3,(H,18,19)/t9-,11-/m1/s1. The molecule has 0 amide bonds. The molecular formula is C16H17NO6S2. The summed E-state index contributed by atoms with van der Waals surface area (Å²) in [5.74, 6) is -2.81. The molecule has 1 aromatic carbocycles. The van der Waals surface area contributed by atoms with Gasteiger partial charge in [-0.05, 0) is 12.0 Å². The minimum Gasteiger partial charge on any atom is -0.481 e. The minimum atomic E-state index is -4.03. The fraction of sp³-hybridized carbons (Fsp3) is 0.375. The van der Waals surface area contributed by atoms with Crippen LogP contribution < -0.4 is 0 Å². The van der Waals surface area contributed by atoms with Gasteiger partial charge in [0.25, 0.3) is 0 Å². The molecule has 0 bridgehead atoms. The summed E-state index contributed by atoms with van der Waals surface area (Å²) >= 11 is 1.05. The molecule has 134 valence electrons. The van der Waals surface area contributed by atoms with Gasteiger partial charge in [0.15, 0.2) is 0 Å². The van der Waals surface area contributed by atoms with Crippen molar-refractivity contribution in [2.24, 2.45) is 11.8 Å². The molecule has 9 heteroatoms. The summed E-state index contributed by atoms with van der Waals surface area (Å²) < 4.78 is 32.9. The Bertz CT molecular complexity index is 949. The van der Waals surface area contributed by atoms with Gasteiger partial charge in [-0.3, -0.25) is 4.79 Å². The number of carbonyl (C=O) groups is 2. The lowest BCUT2D eigenvalue weighted by atomic mass is 9.99. The van der Waals surface area contributed by atoms with Crippen molar-refractivity contribution in [3.05, 3.63) is 29.1 Å². The van der Waals surface area contributed by atoms with Crippen LogP contribution in [0.4, 0.5) is 0 Å². The number of carbonyl (C=O) groups excluding carboxylic acids is 1. The van der Waals surface area contributed by atoms with E-state index >= 15 is 0 Å². The van der Waals surface area contributed by atoms with Gasteiger partial charge in [-0.1, -0.05) is 25.1 Å². The number of methoxy groups -OCH3 is 1. The number of nitrogens with zero attached hydrogens (tertiary/aromatic N) is 1. The highest BCUT2D eigenvalue weighted by Crippen LogP contribution is 2.38. The molecular weight excluding hydrogens is 366 g/mol. The topological polar surface area (TPSA) is 101 Å². The number of benzene rings is 1. The van der Waals surface area contributed by atoms with Crippen LogP contribution >= 0.6 is 11.3 Å². The maximum absolute atomic E-state index is 13.2. The minimum absolute atomic E-state index is 0.00938. The first-order valence-electron chi connectivity index (χ1n) is 7.60. The zero-order valence-electron chi connectivity index (χ0n) is 13.6. The van der Waals surface area contributed by atoms with Gasteiger partial charge in [0.2, 0.25) is 10.0 Å². The normalized spacial score (nSPS) is 21.5. The van der Waals surface area contributed by atoms with Crippen LogP contribution in [-0.2, 0) is 19.6 Å². The maximum Gasteiger partial charge on any atom is 0.349 e. The fourth-order valence-electron chi connectivity index (χ4n) is 3.07. The van der Waals surface area contributed by atoms with E-state index in [4.69, 9.17) is 4.74 Å². The van der Waals surface area contributed by atoms with Crippen LogP contribution in [0.5, 0.6) is 0 Å². The van der Waals surface area contributed by atoms with Crippen LogP contribution in [-0.4, -0.2) is 50.0 Å². The van der Waals surface area contributed by atoms with Gasteiger partial charge >= 0.3 is 11.9 Å². The molecule has 2 heterocycles. The zero-order chi connectivity index (χ0) is 18.4. The largest absolute Gasteiger partial charge is 0.481 e. The quantitative estimate of drug-likeness (QED) is 0.811. The average molecular weight is 383 g/mol. The maximum atomic E-state index is 13.2. The molecule has 0 unspecified atom stereocenters. The second kappa shape index (κ2) is 6.40. The summed E-state index contributed by atoms with van der Waals surface area (Å²) in [6.45, 7) is 1.70. The summed E-state index contributed by atoms with van der Waals surface area (Å²) in [6, 6.07) is 6.83. The lowest BCUT2D eigenvalue weighted by Crippen LogP contribution is -2.31. The molecule has 3 rings (SSSR count). The van der Waals surface area contributed by atoms with Crippen LogP contribution in [0.1, 0.15) is 16.6 Å². The number of thiophene rings is 1. The van der Waals surface area contributed by atoms with Gasteiger partial charge in [-0.2, -0.15) is 4.31 Å². The highest BCUT2D eigenvalue weighted by atomic mass is 32.2. The molecule has 1 aliphatic heterocycles. The third-order valence-corrected chi connectivity index (χ3v) is 7.61. The summed E-state index contributed by atoms with van der Waals surface area (Å²) in [5.41, 5.74) is 0. The summed E-state index contributed by atoms with van der Waals surface area (Å²) in [5, 5.41) is 9.70. The Labute approximate surface area is 148 Å². The molecule has 0 aliphatic carbocycles. The SMILES string of the molecule is COC(=O)c1sc2ccccc2c1S(=O)(=O)N1C[C@@H](C)[C@H](C(=O)O)C1. The van der Waals surface area contributed by atoms with Crippen molar-refractivity contribution in [3.63, 3.8) is 0 Å². The zero-order valence-corrected chi connectivity index (χ0v) is 15.3. The first kappa shape index (κ1) is 17.8. The van der Waals surface area contributed by atoms with Crippen LogP contribution in [0.3, 0.4) is 0 Å². The Hall–Kier alpha value is -1.97. The highest BCUT2D eigenvalue weighted by molar-refractivity contribution is 7.89. The van der Waals surface area contributed by atoms with E-state index in [2.05, 4.69) is 0 Å². The molecule has 1 fully saturated rings. The first-order valence-corrected chi connectivity index (χ1v) is 9.85. The Morgan fingerprint density at radius 3 is 2.56 bits per heavy atom. The van der Waals surface area contributed by atoms with Crippen molar-refractivity contribution in [3.8, 4) is 0 Å². The van der Waals surface area contributed by atoms with Crippen molar-refractivity contribution < 1.29 is 27.9 Å². The summed E-state index contributed by atoms with van der Waals surface area (Å²) in [7, 11) is -2.83. The number of sulfonamides is 1. The predicted octanol–water partition coefficient (Wildman–Crippen LogP) is 2.03. The van der Waals surface area contributed by atoms with Gasteiger partial charge in [0.05, 0.1) is 13.0 Å². The monoisotopic (exact) mass is 383 g/mol. The number of aliphatic carboxylic acids is 1. The average Bonchev–Trinajstić information content (AvgIpc) is 3.15. The highest BCUT2D eigenvalue weighted by Gasteiger charge is 2.43. The number of hydrogen-bond donors (Lipinski definition) is 1. The van der Waals surface area contributed by atoms with Crippen molar-refractivity contribution in [2.45, 2.75) is 11.8 Å². The molecule has 1 aliphatic rings. The number of rotatable bonds is 4. The Morgan fingerprint density at radius 1 is 1.28 bits per heavy atom. The van der Waals surface area contributed by atoms with E-state index < -0.39 is 27.9 Å². The summed E-state index contributed by atoms with van der Waals surface area (Å²) in [6.07, 6.45) is 0. The second-order valence-corrected chi connectivity index (χ2v) is 8.92. The summed E-state index contributed by atoms with van der Waals surface area (Å²) in [4.78, 5) is 23.3. The molecule has 0 radical (unpaired) electrons. The molecule has 7 nitrogen and oxygen atoms in total. The smallest absolute Gasteiger partial charge is 0.349 e. The third-order valence-electron chi connectivity index (χ3n) is 4.41. The van der Waals surface area contributed by atoms with E-state index in [1.165, 1.54) is 7.11 Å². The lowest BCUT2D eigenvalue weighted by molar-refractivity contribution is -0.142. The van der Waals surface area contributed by atoms with E-state index in [-0.39, 0.29) is 28.8 Å². The van der Waals surface area contributed by atoms with Crippen molar-refractivity contribution >= 4 is 43.4 Å². The van der Waals surface area contributed by atoms with E-state index in [1.54, 1.807) is 31.2 Å². The van der Waals surface area contributed by atoms with Crippen LogP contribution in [0.15, 0.2) is 29.2 Å². The molecule has 1 aromatic heterocycles. The number of fused-ring (bicyclic) bond motifs is 1. The van der Waals surface area contributed by atoms with Crippen molar-refractivity contribution in [2.75, 3.05) is 20.2 Å². The fourth-order valence-corrected chi connectivity index (χ4v) is 6.42. The van der Waals surface area contributed by atoms with E-state index in [9.17, 15) is 23.1 Å². The number of carboxylic acid groups (broad SMARTS) is 1. The first-order chi connectivity index (χ1) is 11.8. The third kappa shape index (κ3) is 2.92. The van der Waals surface area contributed by atoms with E-state index in [0.717, 1.165) is 15.6 Å². The molecule has 0 saturated carbocycles. The Balaban J connectivity index is 2.15. The van der Waals surface area contributed by atoms with E-state index in [0.29, 0.717) is 10.1 Å². The molecule has 0 spiro atoms. The number of hydrogen-bond acceptors (Lipinski definition) is 6. The Morgan fingerprint density at radius 2 is 1.96 bits per heavy atom. The van der Waals surface area contributed by atoms with Gasteiger partial charge in [-0.25, -0.2) is 13.2 Å². The van der Waals surface area contributed by atoms with Crippen LogP contribution in [0, 0.1) is 11.8 Å². The van der Waals surface area contributed by atoms with Crippen LogP contribution in [0.25, 0.3) is 10.1 Å². The molecule has 2 atom stereocenters. The Kier molecular flexibility index (Phi) is 4.56. The number of ether oxygens (including phenoxy) is 1. The molecule has 2 aromatic rings. The predicted molar refractivity (Wildman–Crippen MR) is 92.2 cm³/mol. The van der Waals surface area contributed by atoms with Gasteiger partial charge in [-0.15, -0.1) is 11.3 Å². The molecule has 25 heavy (non-hydrogen) atoms. The lowest BCUT2D eigenvalue weighted by Gasteiger charge is -2.16. The molecule has 1 N–H and O–H groups in total. The number of esters is 1. The number of carboxylic acids is 1. The van der Waals surface area contributed by atoms with Gasteiger partial charge < -0.3 is 9.84 Å². The van der Waals surface area contributed by atoms with Gasteiger partial charge in [0, 0.05) is 23.2 Å². The van der Waals surface area contributed by atoms with Crippen molar-refractivity contribution in [1.29, 1.82) is 0 Å². The van der Waals surface area contributed by atoms with Crippen LogP contribution in [0.2, 0.25) is 0 Å². The second-order valence-electron chi connectivity index (χ2n) is 5.99.